The number of fused-ring (bicyclic) bond motifs is 1. The maximum Gasteiger partial charge on any atom is 0.104 e. The molecular formula is C24H18ClNO. The van der Waals surface area contributed by atoms with Crippen molar-refractivity contribution in [2.45, 2.75) is 6.10 Å². The van der Waals surface area contributed by atoms with Gasteiger partial charge in [-0.1, -0.05) is 78.3 Å². The number of aliphatic hydroxyl groups excluding tert-OH is 1. The summed E-state index contributed by atoms with van der Waals surface area (Å²) >= 11 is 6.06. The monoisotopic (exact) mass is 371 g/mol. The van der Waals surface area contributed by atoms with E-state index >= 15 is 0 Å². The van der Waals surface area contributed by atoms with Gasteiger partial charge < -0.3 is 5.11 Å². The molecule has 0 bridgehead atoms. The van der Waals surface area contributed by atoms with E-state index in [1.165, 1.54) is 0 Å². The van der Waals surface area contributed by atoms with Crippen LogP contribution in [0.1, 0.15) is 28.5 Å². The van der Waals surface area contributed by atoms with Crippen molar-refractivity contribution < 1.29 is 5.11 Å². The lowest BCUT2D eigenvalue weighted by atomic mass is 9.99. The fourth-order valence-electron chi connectivity index (χ4n) is 3.04. The van der Waals surface area contributed by atoms with E-state index in [0.717, 1.165) is 33.3 Å². The van der Waals surface area contributed by atoms with Crippen molar-refractivity contribution in [3.63, 3.8) is 0 Å². The molecule has 0 amide bonds. The molecule has 0 aliphatic carbocycles. The molecule has 27 heavy (non-hydrogen) atoms. The summed E-state index contributed by atoms with van der Waals surface area (Å²) < 4.78 is 0. The summed E-state index contributed by atoms with van der Waals surface area (Å²) in [7, 11) is 0. The quantitative estimate of drug-likeness (QED) is 0.467. The van der Waals surface area contributed by atoms with Gasteiger partial charge in [0.2, 0.25) is 0 Å². The lowest BCUT2D eigenvalue weighted by Gasteiger charge is -2.12. The first-order chi connectivity index (χ1) is 13.2. The van der Waals surface area contributed by atoms with Crippen LogP contribution in [0.5, 0.6) is 0 Å². The highest BCUT2D eigenvalue weighted by molar-refractivity contribution is 6.31. The lowest BCUT2D eigenvalue weighted by molar-refractivity contribution is 0.220. The van der Waals surface area contributed by atoms with Gasteiger partial charge in [0.1, 0.15) is 6.10 Å². The first-order valence-corrected chi connectivity index (χ1v) is 9.14. The van der Waals surface area contributed by atoms with Crippen LogP contribution in [0.25, 0.3) is 23.1 Å². The van der Waals surface area contributed by atoms with Crippen LogP contribution in [0.4, 0.5) is 0 Å². The topological polar surface area (TPSA) is 33.1 Å². The summed E-state index contributed by atoms with van der Waals surface area (Å²) in [5.41, 5.74) is 4.49. The summed E-state index contributed by atoms with van der Waals surface area (Å²) in [5, 5.41) is 12.3. The van der Waals surface area contributed by atoms with Gasteiger partial charge in [-0.15, -0.1) is 0 Å². The molecule has 0 fully saturated rings. The van der Waals surface area contributed by atoms with Gasteiger partial charge in [-0.3, -0.25) is 0 Å². The van der Waals surface area contributed by atoms with E-state index in [9.17, 15) is 5.11 Å². The van der Waals surface area contributed by atoms with Crippen molar-refractivity contribution in [2.24, 2.45) is 0 Å². The third-order valence-corrected chi connectivity index (χ3v) is 4.70. The molecule has 3 aromatic carbocycles. The molecular weight excluding hydrogens is 354 g/mol. The van der Waals surface area contributed by atoms with Crippen LogP contribution >= 0.6 is 11.6 Å². The Balaban J connectivity index is 1.59. The molecule has 3 heteroatoms. The summed E-state index contributed by atoms with van der Waals surface area (Å²) in [6.45, 7) is 0. The highest BCUT2D eigenvalue weighted by Crippen LogP contribution is 2.23. The third kappa shape index (κ3) is 4.08. The Morgan fingerprint density at radius 1 is 0.778 bits per heavy atom. The summed E-state index contributed by atoms with van der Waals surface area (Å²) in [5.74, 6) is 0. The van der Waals surface area contributed by atoms with Gasteiger partial charge in [0, 0.05) is 10.4 Å². The van der Waals surface area contributed by atoms with E-state index in [1.54, 1.807) is 0 Å². The van der Waals surface area contributed by atoms with Gasteiger partial charge in [-0.25, -0.2) is 4.98 Å². The second-order valence-electron chi connectivity index (χ2n) is 6.39. The Labute approximate surface area is 163 Å². The molecule has 0 aliphatic rings. The minimum absolute atomic E-state index is 0.638. The van der Waals surface area contributed by atoms with Crippen LogP contribution in [-0.4, -0.2) is 10.1 Å². The van der Waals surface area contributed by atoms with Crippen LogP contribution in [0.15, 0.2) is 84.9 Å². The number of aliphatic hydroxyl groups is 1. The maximum atomic E-state index is 10.6. The Hall–Kier alpha value is -2.94. The van der Waals surface area contributed by atoms with Crippen molar-refractivity contribution in [1.82, 2.24) is 4.98 Å². The number of pyridine rings is 1. The van der Waals surface area contributed by atoms with E-state index in [1.807, 2.05) is 97.1 Å². The molecule has 1 aromatic heterocycles. The number of halogens is 1. The van der Waals surface area contributed by atoms with Gasteiger partial charge in [0.15, 0.2) is 0 Å². The molecule has 0 saturated heterocycles. The standard InChI is InChI=1S/C24H18ClNO/c25-21-12-10-18-11-14-22(26-23(18)16-21)13-9-17-5-4-8-20(15-17)24(27)19-6-2-1-3-7-19/h1-16,24,27H. The Bertz CT molecular complexity index is 1110. The molecule has 1 N–H and O–H groups in total. The smallest absolute Gasteiger partial charge is 0.104 e. The number of rotatable bonds is 4. The zero-order valence-corrected chi connectivity index (χ0v) is 15.3. The predicted octanol–water partition coefficient (Wildman–Crippen LogP) is 6.14. The zero-order valence-electron chi connectivity index (χ0n) is 14.6. The Kier molecular flexibility index (Phi) is 5.01. The maximum absolute atomic E-state index is 10.6. The van der Waals surface area contributed by atoms with Crippen LogP contribution in [0, 0.1) is 0 Å². The zero-order chi connectivity index (χ0) is 18.6. The van der Waals surface area contributed by atoms with Crippen molar-refractivity contribution in [3.05, 3.63) is 112 Å². The van der Waals surface area contributed by atoms with Crippen molar-refractivity contribution in [3.8, 4) is 0 Å². The normalized spacial score (nSPS) is 12.5. The van der Waals surface area contributed by atoms with Crippen molar-refractivity contribution >= 4 is 34.7 Å². The molecule has 1 unspecified atom stereocenters. The van der Waals surface area contributed by atoms with Crippen LogP contribution in [0.3, 0.4) is 0 Å². The molecule has 4 rings (SSSR count). The van der Waals surface area contributed by atoms with E-state index in [4.69, 9.17) is 11.6 Å². The minimum atomic E-state index is -0.638. The third-order valence-electron chi connectivity index (χ3n) is 4.46. The fraction of sp³-hybridized carbons (Fsp3) is 0.0417. The first kappa shape index (κ1) is 17.5. The van der Waals surface area contributed by atoms with Gasteiger partial charge in [0.25, 0.3) is 0 Å². The van der Waals surface area contributed by atoms with Crippen LogP contribution < -0.4 is 0 Å². The van der Waals surface area contributed by atoms with Crippen molar-refractivity contribution in [1.29, 1.82) is 0 Å². The summed E-state index contributed by atoms with van der Waals surface area (Å²) in [6.07, 6.45) is 3.33. The number of nitrogens with zero attached hydrogens (tertiary/aromatic N) is 1. The predicted molar refractivity (Wildman–Crippen MR) is 113 cm³/mol. The van der Waals surface area contributed by atoms with Gasteiger partial charge >= 0.3 is 0 Å². The molecule has 1 atom stereocenters. The summed E-state index contributed by atoms with van der Waals surface area (Å²) in [4.78, 5) is 4.64. The molecule has 1 heterocycles. The molecule has 0 saturated carbocycles. The van der Waals surface area contributed by atoms with E-state index in [0.29, 0.717) is 5.02 Å². The number of benzene rings is 3. The average Bonchev–Trinajstić information content (AvgIpc) is 2.72. The largest absolute Gasteiger partial charge is 0.384 e. The molecule has 2 nitrogen and oxygen atoms in total. The highest BCUT2D eigenvalue weighted by Gasteiger charge is 2.09. The summed E-state index contributed by atoms with van der Waals surface area (Å²) in [6, 6.07) is 27.3. The molecule has 0 spiro atoms. The van der Waals surface area contributed by atoms with Gasteiger partial charge in [-0.05, 0) is 47.0 Å². The lowest BCUT2D eigenvalue weighted by Crippen LogP contribution is -1.99. The Morgan fingerprint density at radius 3 is 2.41 bits per heavy atom. The van der Waals surface area contributed by atoms with E-state index < -0.39 is 6.10 Å². The van der Waals surface area contributed by atoms with Gasteiger partial charge in [0.05, 0.1) is 11.2 Å². The average molecular weight is 372 g/mol. The molecule has 132 valence electrons. The van der Waals surface area contributed by atoms with Gasteiger partial charge in [-0.2, -0.15) is 0 Å². The minimum Gasteiger partial charge on any atom is -0.384 e. The molecule has 0 radical (unpaired) electrons. The second kappa shape index (κ2) is 7.75. The number of aromatic nitrogens is 1. The SMILES string of the molecule is OC(c1ccccc1)c1cccc(C=Cc2ccc3ccc(Cl)cc3n2)c1. The number of hydrogen-bond acceptors (Lipinski definition) is 2. The van der Waals surface area contributed by atoms with Crippen LogP contribution in [0.2, 0.25) is 5.02 Å². The van der Waals surface area contributed by atoms with Crippen molar-refractivity contribution in [2.75, 3.05) is 0 Å². The second-order valence-corrected chi connectivity index (χ2v) is 6.83. The molecule has 4 aromatic rings. The van der Waals surface area contributed by atoms with E-state index in [-0.39, 0.29) is 0 Å². The highest BCUT2D eigenvalue weighted by atomic mass is 35.5. The van der Waals surface area contributed by atoms with E-state index in [2.05, 4.69) is 4.98 Å². The molecule has 0 aliphatic heterocycles. The number of hydrogen-bond donors (Lipinski definition) is 1. The first-order valence-electron chi connectivity index (χ1n) is 8.76. The fourth-order valence-corrected chi connectivity index (χ4v) is 3.21. The van der Waals surface area contributed by atoms with Crippen LogP contribution in [-0.2, 0) is 0 Å². The Morgan fingerprint density at radius 2 is 1.56 bits per heavy atom.